The van der Waals surface area contributed by atoms with Crippen molar-refractivity contribution in [3.8, 4) is 5.75 Å². The quantitative estimate of drug-likeness (QED) is 0.585. The first-order valence-corrected chi connectivity index (χ1v) is 7.02. The molecule has 0 aliphatic heterocycles. The predicted octanol–water partition coefficient (Wildman–Crippen LogP) is 2.53. The number of nitrogens with one attached hydrogen (secondary N) is 2. The Morgan fingerprint density at radius 1 is 1.04 bits per heavy atom. The average molecular weight is 311 g/mol. The maximum absolute atomic E-state index is 11.9. The smallest absolute Gasteiger partial charge is 0.275 e. The summed E-state index contributed by atoms with van der Waals surface area (Å²) in [6, 6.07) is 15.2. The largest absolute Gasteiger partial charge is 0.507 e. The lowest BCUT2D eigenvalue weighted by Gasteiger charge is -2.06. The Morgan fingerprint density at radius 2 is 1.70 bits per heavy atom. The summed E-state index contributed by atoms with van der Waals surface area (Å²) in [5.41, 5.74) is 3.58. The molecule has 23 heavy (non-hydrogen) atoms. The highest BCUT2D eigenvalue weighted by Gasteiger charge is 2.10. The SMILES string of the molecule is CC(CC(=O)Nc1ccccc1)=NNC(=O)c1ccccc1O. The van der Waals surface area contributed by atoms with Crippen LogP contribution in [0, 0.1) is 0 Å². The molecule has 2 aromatic rings. The number of para-hydroxylation sites is 2. The van der Waals surface area contributed by atoms with Gasteiger partial charge in [-0.1, -0.05) is 30.3 Å². The Bertz CT molecular complexity index is 727. The van der Waals surface area contributed by atoms with E-state index in [1.54, 1.807) is 31.2 Å². The number of amides is 2. The highest BCUT2D eigenvalue weighted by atomic mass is 16.3. The molecule has 0 fully saturated rings. The van der Waals surface area contributed by atoms with Crippen LogP contribution >= 0.6 is 0 Å². The Labute approximate surface area is 133 Å². The van der Waals surface area contributed by atoms with Crippen molar-refractivity contribution >= 4 is 23.2 Å². The van der Waals surface area contributed by atoms with Crippen LogP contribution in [0.25, 0.3) is 0 Å². The highest BCUT2D eigenvalue weighted by Crippen LogP contribution is 2.14. The molecule has 0 aliphatic rings. The highest BCUT2D eigenvalue weighted by molar-refractivity contribution is 6.06. The van der Waals surface area contributed by atoms with Crippen molar-refractivity contribution in [3.63, 3.8) is 0 Å². The van der Waals surface area contributed by atoms with Crippen molar-refractivity contribution in [2.75, 3.05) is 5.32 Å². The van der Waals surface area contributed by atoms with Crippen LogP contribution in [0.15, 0.2) is 59.7 Å². The Kier molecular flexibility index (Phi) is 5.46. The molecule has 6 nitrogen and oxygen atoms in total. The molecule has 2 amide bonds. The summed E-state index contributed by atoms with van der Waals surface area (Å²) in [7, 11) is 0. The molecule has 6 heteroatoms. The summed E-state index contributed by atoms with van der Waals surface area (Å²) in [5.74, 6) is -0.889. The van der Waals surface area contributed by atoms with Gasteiger partial charge in [-0.15, -0.1) is 0 Å². The molecule has 0 heterocycles. The van der Waals surface area contributed by atoms with Crippen LogP contribution in [0.5, 0.6) is 5.75 Å². The zero-order valence-electron chi connectivity index (χ0n) is 12.6. The normalized spacial score (nSPS) is 10.9. The second kappa shape index (κ2) is 7.74. The van der Waals surface area contributed by atoms with Crippen molar-refractivity contribution < 1.29 is 14.7 Å². The zero-order chi connectivity index (χ0) is 16.7. The molecule has 0 aliphatic carbocycles. The standard InChI is InChI=1S/C17H17N3O3/c1-12(11-16(22)18-13-7-3-2-4-8-13)19-20-17(23)14-9-5-6-10-15(14)21/h2-10,21H,11H2,1H3,(H,18,22)(H,20,23). The summed E-state index contributed by atoms with van der Waals surface area (Å²) in [4.78, 5) is 23.7. The Hall–Kier alpha value is -3.15. The van der Waals surface area contributed by atoms with Crippen LogP contribution in [0.1, 0.15) is 23.7 Å². The Morgan fingerprint density at radius 3 is 2.39 bits per heavy atom. The van der Waals surface area contributed by atoms with Crippen molar-refractivity contribution in [3.05, 3.63) is 60.2 Å². The van der Waals surface area contributed by atoms with Gasteiger partial charge in [-0.3, -0.25) is 9.59 Å². The van der Waals surface area contributed by atoms with Gasteiger partial charge in [-0.2, -0.15) is 5.10 Å². The van der Waals surface area contributed by atoms with E-state index >= 15 is 0 Å². The van der Waals surface area contributed by atoms with Crippen LogP contribution in [0.3, 0.4) is 0 Å². The van der Waals surface area contributed by atoms with Gasteiger partial charge in [-0.25, -0.2) is 5.43 Å². The van der Waals surface area contributed by atoms with Gasteiger partial charge < -0.3 is 10.4 Å². The summed E-state index contributed by atoms with van der Waals surface area (Å²) in [5, 5.41) is 16.2. The first-order chi connectivity index (χ1) is 11.1. The van der Waals surface area contributed by atoms with E-state index in [1.165, 1.54) is 12.1 Å². The van der Waals surface area contributed by atoms with Crippen LogP contribution in [-0.4, -0.2) is 22.6 Å². The van der Waals surface area contributed by atoms with Gasteiger partial charge in [0.25, 0.3) is 5.91 Å². The molecular weight excluding hydrogens is 294 g/mol. The number of nitrogens with zero attached hydrogens (tertiary/aromatic N) is 1. The molecule has 2 rings (SSSR count). The average Bonchev–Trinajstić information content (AvgIpc) is 2.54. The topological polar surface area (TPSA) is 90.8 Å². The van der Waals surface area contributed by atoms with Crippen LogP contribution in [0.4, 0.5) is 5.69 Å². The van der Waals surface area contributed by atoms with Crippen molar-refractivity contribution in [2.24, 2.45) is 5.10 Å². The van der Waals surface area contributed by atoms with Crippen LogP contribution in [0.2, 0.25) is 0 Å². The van der Waals surface area contributed by atoms with E-state index in [9.17, 15) is 14.7 Å². The summed E-state index contributed by atoms with van der Waals surface area (Å²) >= 11 is 0. The number of phenols is 1. The van der Waals surface area contributed by atoms with Crippen molar-refractivity contribution in [1.82, 2.24) is 5.43 Å². The minimum absolute atomic E-state index is 0.0515. The number of hydrazone groups is 1. The van der Waals surface area contributed by atoms with E-state index in [0.717, 1.165) is 0 Å². The van der Waals surface area contributed by atoms with Crippen LogP contribution < -0.4 is 10.7 Å². The molecule has 2 aromatic carbocycles. The molecule has 0 unspecified atom stereocenters. The van der Waals surface area contributed by atoms with Gasteiger partial charge in [0.15, 0.2) is 0 Å². The van der Waals surface area contributed by atoms with Gasteiger partial charge in [0.1, 0.15) is 5.75 Å². The number of hydrogen-bond acceptors (Lipinski definition) is 4. The van der Waals surface area contributed by atoms with Crippen LogP contribution in [-0.2, 0) is 4.79 Å². The second-order valence-electron chi connectivity index (χ2n) is 4.90. The number of rotatable bonds is 5. The van der Waals surface area contributed by atoms with E-state index in [4.69, 9.17) is 0 Å². The number of anilines is 1. The molecule has 0 spiro atoms. The fraction of sp³-hybridized carbons (Fsp3) is 0.118. The number of benzene rings is 2. The van der Waals surface area contributed by atoms with E-state index in [-0.39, 0.29) is 23.6 Å². The predicted molar refractivity (Wildman–Crippen MR) is 88.4 cm³/mol. The van der Waals surface area contributed by atoms with E-state index in [0.29, 0.717) is 11.4 Å². The molecule has 0 atom stereocenters. The summed E-state index contributed by atoms with van der Waals surface area (Å²) < 4.78 is 0. The maximum atomic E-state index is 11.9. The first kappa shape index (κ1) is 16.2. The van der Waals surface area contributed by atoms with E-state index in [2.05, 4.69) is 15.8 Å². The second-order valence-corrected chi connectivity index (χ2v) is 4.90. The van der Waals surface area contributed by atoms with Crippen molar-refractivity contribution in [1.29, 1.82) is 0 Å². The molecule has 0 saturated carbocycles. The number of phenolic OH excluding ortho intramolecular Hbond substituents is 1. The van der Waals surface area contributed by atoms with E-state index < -0.39 is 5.91 Å². The summed E-state index contributed by atoms with van der Waals surface area (Å²) in [6.07, 6.45) is 0.0515. The van der Waals surface area contributed by atoms with Gasteiger partial charge in [0, 0.05) is 11.4 Å². The monoisotopic (exact) mass is 311 g/mol. The number of carbonyl (C=O) groups excluding carboxylic acids is 2. The van der Waals surface area contributed by atoms with Gasteiger partial charge in [0.05, 0.1) is 12.0 Å². The lowest BCUT2D eigenvalue weighted by molar-refractivity contribution is -0.115. The maximum Gasteiger partial charge on any atom is 0.275 e. The first-order valence-electron chi connectivity index (χ1n) is 7.02. The molecule has 0 bridgehead atoms. The summed E-state index contributed by atoms with van der Waals surface area (Å²) in [6.45, 7) is 1.63. The molecule has 0 saturated heterocycles. The van der Waals surface area contributed by atoms with Gasteiger partial charge >= 0.3 is 0 Å². The number of aromatic hydroxyl groups is 1. The molecule has 118 valence electrons. The zero-order valence-corrected chi connectivity index (χ0v) is 12.6. The number of hydrogen-bond donors (Lipinski definition) is 3. The fourth-order valence-electron chi connectivity index (χ4n) is 1.87. The lowest BCUT2D eigenvalue weighted by atomic mass is 10.2. The Balaban J connectivity index is 1.89. The molecule has 0 radical (unpaired) electrons. The third-order valence-electron chi connectivity index (χ3n) is 2.97. The van der Waals surface area contributed by atoms with Gasteiger partial charge in [0.2, 0.25) is 5.91 Å². The molecule has 0 aromatic heterocycles. The van der Waals surface area contributed by atoms with Crippen molar-refractivity contribution in [2.45, 2.75) is 13.3 Å². The minimum Gasteiger partial charge on any atom is -0.507 e. The molecule has 3 N–H and O–H groups in total. The van der Waals surface area contributed by atoms with Gasteiger partial charge in [-0.05, 0) is 31.2 Å². The fourth-order valence-corrected chi connectivity index (χ4v) is 1.87. The minimum atomic E-state index is -0.536. The third kappa shape index (κ3) is 4.96. The number of carbonyl (C=O) groups is 2. The molecular formula is C17H17N3O3. The lowest BCUT2D eigenvalue weighted by Crippen LogP contribution is -2.21. The third-order valence-corrected chi connectivity index (χ3v) is 2.97. The van der Waals surface area contributed by atoms with E-state index in [1.807, 2.05) is 18.2 Å².